The Kier molecular flexibility index (Phi) is 9.39. The van der Waals surface area contributed by atoms with Gasteiger partial charge in [0.2, 0.25) is 5.91 Å². The molecule has 1 unspecified atom stereocenters. The van der Waals surface area contributed by atoms with Crippen LogP contribution in [0.1, 0.15) is 34.7 Å². The molecule has 41 heavy (non-hydrogen) atoms. The molecule has 0 spiro atoms. The van der Waals surface area contributed by atoms with Gasteiger partial charge < -0.3 is 20.6 Å². The van der Waals surface area contributed by atoms with E-state index in [9.17, 15) is 14.7 Å². The van der Waals surface area contributed by atoms with Crippen LogP contribution in [0.5, 0.6) is 0 Å². The summed E-state index contributed by atoms with van der Waals surface area (Å²) in [5.74, 6) is 0.00876. The van der Waals surface area contributed by atoms with E-state index in [1.807, 2.05) is 89.8 Å². The molecule has 0 radical (unpaired) electrons. The third kappa shape index (κ3) is 7.58. The van der Waals surface area contributed by atoms with Crippen LogP contribution in [0.4, 0.5) is 4.79 Å². The fourth-order valence-electron chi connectivity index (χ4n) is 5.73. The van der Waals surface area contributed by atoms with Crippen molar-refractivity contribution in [3.8, 4) is 0 Å². The molecule has 3 atom stereocenters. The zero-order valence-electron chi connectivity index (χ0n) is 23.0. The van der Waals surface area contributed by atoms with Crippen LogP contribution < -0.4 is 10.6 Å². The first-order valence-corrected chi connectivity index (χ1v) is 14.1. The molecule has 1 aromatic heterocycles. The molecule has 1 aliphatic heterocycles. The van der Waals surface area contributed by atoms with Gasteiger partial charge >= 0.3 is 6.09 Å². The Labute approximate surface area is 241 Å². The summed E-state index contributed by atoms with van der Waals surface area (Å²) in [7, 11) is 0. The Morgan fingerprint density at radius 2 is 1.51 bits per heavy atom. The van der Waals surface area contributed by atoms with Crippen LogP contribution in [0.25, 0.3) is 0 Å². The van der Waals surface area contributed by atoms with Crippen molar-refractivity contribution in [2.45, 2.75) is 43.3 Å². The molecule has 3 aromatic carbocycles. The predicted octanol–water partition coefficient (Wildman–Crippen LogP) is 4.89. The third-order valence-electron chi connectivity index (χ3n) is 7.77. The Hall–Kier alpha value is -4.49. The summed E-state index contributed by atoms with van der Waals surface area (Å²) in [6.07, 6.45) is 2.20. The van der Waals surface area contributed by atoms with Crippen LogP contribution in [-0.4, -0.2) is 58.2 Å². The van der Waals surface area contributed by atoms with Crippen LogP contribution in [0.2, 0.25) is 0 Å². The van der Waals surface area contributed by atoms with Gasteiger partial charge in [-0.3, -0.25) is 9.78 Å². The van der Waals surface area contributed by atoms with Crippen molar-refractivity contribution in [1.29, 1.82) is 0 Å². The number of carboxylic acid groups (broad SMARTS) is 1. The fraction of sp³-hybridized carbons (Fsp3) is 0.265. The van der Waals surface area contributed by atoms with E-state index in [-0.39, 0.29) is 17.9 Å². The first-order chi connectivity index (χ1) is 20.1. The Morgan fingerprint density at radius 3 is 2.10 bits per heavy atom. The highest BCUT2D eigenvalue weighted by atomic mass is 16.4. The topological polar surface area (TPSA) is 94.6 Å². The largest absolute Gasteiger partial charge is 0.465 e. The van der Waals surface area contributed by atoms with Gasteiger partial charge in [0.05, 0.1) is 12.1 Å². The van der Waals surface area contributed by atoms with Gasteiger partial charge in [-0.15, -0.1) is 0 Å². The van der Waals surface area contributed by atoms with E-state index in [1.54, 1.807) is 6.20 Å². The lowest BCUT2D eigenvalue weighted by atomic mass is 9.90. The quantitative estimate of drug-likeness (QED) is 0.262. The van der Waals surface area contributed by atoms with Crippen LogP contribution in [0.3, 0.4) is 0 Å². The molecule has 0 saturated carbocycles. The number of nitrogens with zero attached hydrogens (tertiary/aromatic N) is 2. The van der Waals surface area contributed by atoms with Crippen LogP contribution in [-0.2, 0) is 17.6 Å². The summed E-state index contributed by atoms with van der Waals surface area (Å²) in [5.41, 5.74) is 4.15. The zero-order chi connectivity index (χ0) is 28.4. The number of benzene rings is 3. The first kappa shape index (κ1) is 28.1. The molecule has 5 rings (SSSR count). The van der Waals surface area contributed by atoms with Gasteiger partial charge in [0.25, 0.3) is 0 Å². The minimum Gasteiger partial charge on any atom is -0.465 e. The van der Waals surface area contributed by atoms with Gasteiger partial charge in [0.15, 0.2) is 0 Å². The smallest absolute Gasteiger partial charge is 0.404 e. The molecule has 0 aliphatic carbocycles. The third-order valence-corrected chi connectivity index (χ3v) is 7.77. The number of hydrogen-bond donors (Lipinski definition) is 3. The standard InChI is InChI=1S/C34H36N4O3/c39-33-32(23-28-18-10-11-20-35-28)36-30(31(37-34(40)41)22-25-12-4-1-5-13-25)19-21-38(33)24-29(26-14-6-2-7-15-26)27-16-8-3-9-17-27/h1-18,20,29-32,36-37H,19,21-24H2,(H,40,41)/t30-,31?,32-/m0/s1. The molecule has 2 amide bonds. The molecule has 210 valence electrons. The van der Waals surface area contributed by atoms with Gasteiger partial charge in [0.1, 0.15) is 0 Å². The molecular formula is C34H36N4O3. The van der Waals surface area contributed by atoms with Gasteiger partial charge in [0, 0.05) is 43.4 Å². The summed E-state index contributed by atoms with van der Waals surface area (Å²) < 4.78 is 0. The summed E-state index contributed by atoms with van der Waals surface area (Å²) in [6.45, 7) is 1.04. The average Bonchev–Trinajstić information content (AvgIpc) is 3.15. The van der Waals surface area contributed by atoms with E-state index in [2.05, 4.69) is 39.9 Å². The molecule has 7 heteroatoms. The van der Waals surface area contributed by atoms with Gasteiger partial charge in [-0.05, 0) is 41.7 Å². The van der Waals surface area contributed by atoms with Crippen molar-refractivity contribution in [3.05, 3.63) is 138 Å². The lowest BCUT2D eigenvalue weighted by Gasteiger charge is -2.29. The van der Waals surface area contributed by atoms with E-state index in [0.717, 1.165) is 22.4 Å². The molecule has 1 aliphatic rings. The van der Waals surface area contributed by atoms with E-state index in [4.69, 9.17) is 0 Å². The van der Waals surface area contributed by atoms with Crippen molar-refractivity contribution in [2.75, 3.05) is 13.1 Å². The lowest BCUT2D eigenvalue weighted by Crippen LogP contribution is -2.55. The van der Waals surface area contributed by atoms with E-state index in [1.165, 1.54) is 0 Å². The second-order valence-electron chi connectivity index (χ2n) is 10.5. The van der Waals surface area contributed by atoms with Crippen LogP contribution in [0, 0.1) is 0 Å². The van der Waals surface area contributed by atoms with Crippen molar-refractivity contribution in [2.24, 2.45) is 0 Å². The highest BCUT2D eigenvalue weighted by Gasteiger charge is 2.36. The fourth-order valence-corrected chi connectivity index (χ4v) is 5.73. The molecule has 2 heterocycles. The van der Waals surface area contributed by atoms with Gasteiger partial charge in [-0.1, -0.05) is 97.1 Å². The number of carbonyl (C=O) groups excluding carboxylic acids is 1. The number of carbonyl (C=O) groups is 2. The molecular weight excluding hydrogens is 512 g/mol. The zero-order valence-corrected chi connectivity index (χ0v) is 23.0. The predicted molar refractivity (Wildman–Crippen MR) is 160 cm³/mol. The van der Waals surface area contributed by atoms with Crippen molar-refractivity contribution in [3.63, 3.8) is 0 Å². The second-order valence-corrected chi connectivity index (χ2v) is 10.5. The minimum absolute atomic E-state index is 0.00352. The Bertz CT molecular complexity index is 1350. The number of amides is 2. The number of rotatable bonds is 10. The summed E-state index contributed by atoms with van der Waals surface area (Å²) >= 11 is 0. The molecule has 0 bridgehead atoms. The number of nitrogens with one attached hydrogen (secondary N) is 2. The maximum absolute atomic E-state index is 14.2. The number of aromatic nitrogens is 1. The normalized spacial score (nSPS) is 18.1. The highest BCUT2D eigenvalue weighted by Crippen LogP contribution is 2.27. The maximum Gasteiger partial charge on any atom is 0.404 e. The average molecular weight is 549 g/mol. The van der Waals surface area contributed by atoms with Gasteiger partial charge in [-0.25, -0.2) is 4.79 Å². The van der Waals surface area contributed by atoms with Crippen LogP contribution in [0.15, 0.2) is 115 Å². The molecule has 1 saturated heterocycles. The summed E-state index contributed by atoms with van der Waals surface area (Å²) in [4.78, 5) is 32.5. The highest BCUT2D eigenvalue weighted by molar-refractivity contribution is 5.82. The summed E-state index contributed by atoms with van der Waals surface area (Å²) in [5, 5.41) is 16.0. The monoisotopic (exact) mass is 548 g/mol. The number of hydrogen-bond acceptors (Lipinski definition) is 4. The maximum atomic E-state index is 14.2. The van der Waals surface area contributed by atoms with E-state index >= 15 is 0 Å². The molecule has 1 fully saturated rings. The van der Waals surface area contributed by atoms with E-state index < -0.39 is 18.2 Å². The van der Waals surface area contributed by atoms with E-state index in [0.29, 0.717) is 32.4 Å². The lowest BCUT2D eigenvalue weighted by molar-refractivity contribution is -0.132. The van der Waals surface area contributed by atoms with Gasteiger partial charge in [-0.2, -0.15) is 0 Å². The summed E-state index contributed by atoms with van der Waals surface area (Å²) in [6, 6.07) is 34.9. The molecule has 4 aromatic rings. The Balaban J connectivity index is 1.45. The SMILES string of the molecule is O=C(O)NC(Cc1ccccc1)[C@@H]1CCN(CC(c2ccccc2)c2ccccc2)C(=O)[C@H](Cc2ccccn2)N1. The van der Waals surface area contributed by atoms with Crippen molar-refractivity contribution < 1.29 is 14.7 Å². The van der Waals surface area contributed by atoms with Crippen molar-refractivity contribution >= 4 is 12.0 Å². The van der Waals surface area contributed by atoms with Crippen LogP contribution >= 0.6 is 0 Å². The minimum atomic E-state index is -1.07. The second kappa shape index (κ2) is 13.7. The molecule has 7 nitrogen and oxygen atoms in total. The van der Waals surface area contributed by atoms with Crippen molar-refractivity contribution in [1.82, 2.24) is 20.5 Å². The Morgan fingerprint density at radius 1 is 0.902 bits per heavy atom. The number of pyridine rings is 1. The first-order valence-electron chi connectivity index (χ1n) is 14.1. The molecule has 3 N–H and O–H groups in total.